The van der Waals surface area contributed by atoms with E-state index in [-0.39, 0.29) is 0 Å². The smallest absolute Gasteiger partial charge is 0.356 e. The lowest BCUT2D eigenvalue weighted by Gasteiger charge is -2.04. The number of H-pyrrole nitrogens is 1. The van der Waals surface area contributed by atoms with Crippen LogP contribution >= 0.6 is 0 Å². The van der Waals surface area contributed by atoms with Crippen LogP contribution in [0.1, 0.15) is 16.1 Å². The first-order chi connectivity index (χ1) is 9.69. The van der Waals surface area contributed by atoms with Crippen molar-refractivity contribution in [3.63, 3.8) is 0 Å². The molecule has 3 aromatic rings. The molecule has 0 radical (unpaired) electrons. The Morgan fingerprint density at radius 3 is 2.90 bits per heavy atom. The van der Waals surface area contributed by atoms with E-state index < -0.39 is 5.97 Å². The molecule has 0 aliphatic heterocycles. The number of aromatic nitrogens is 3. The Morgan fingerprint density at radius 1 is 1.30 bits per heavy atom. The Morgan fingerprint density at radius 2 is 2.10 bits per heavy atom. The summed E-state index contributed by atoms with van der Waals surface area (Å²) in [6.45, 7) is 2.03. The van der Waals surface area contributed by atoms with E-state index in [1.807, 2.05) is 37.3 Å². The van der Waals surface area contributed by atoms with Gasteiger partial charge in [0.15, 0.2) is 5.82 Å². The summed E-state index contributed by atoms with van der Waals surface area (Å²) in [6, 6.07) is 9.86. The Bertz CT molecular complexity index is 793. The highest BCUT2D eigenvalue weighted by atomic mass is 16.5. The molecule has 100 valence electrons. The number of esters is 1. The number of hydrogen-bond donors (Lipinski definition) is 1. The summed E-state index contributed by atoms with van der Waals surface area (Å²) < 4.78 is 4.65. The van der Waals surface area contributed by atoms with Crippen LogP contribution in [0, 0.1) is 6.92 Å². The maximum absolute atomic E-state index is 11.4. The van der Waals surface area contributed by atoms with E-state index in [9.17, 15) is 4.79 Å². The number of carbonyl (C=O) groups is 1. The predicted molar refractivity (Wildman–Crippen MR) is 75.4 cm³/mol. The summed E-state index contributed by atoms with van der Waals surface area (Å²) in [6.07, 6.45) is 1.45. The van der Waals surface area contributed by atoms with Crippen molar-refractivity contribution < 1.29 is 9.53 Å². The van der Waals surface area contributed by atoms with Gasteiger partial charge in [-0.15, -0.1) is 0 Å². The Hall–Kier alpha value is -2.69. The van der Waals surface area contributed by atoms with Gasteiger partial charge in [-0.05, 0) is 24.6 Å². The zero-order valence-corrected chi connectivity index (χ0v) is 11.2. The van der Waals surface area contributed by atoms with Gasteiger partial charge in [0, 0.05) is 5.39 Å². The fourth-order valence-corrected chi connectivity index (χ4v) is 2.14. The number of fused-ring (bicyclic) bond motifs is 1. The van der Waals surface area contributed by atoms with E-state index >= 15 is 0 Å². The van der Waals surface area contributed by atoms with Crippen LogP contribution in [0.25, 0.3) is 22.4 Å². The molecular weight excluding hydrogens is 254 g/mol. The molecule has 0 fully saturated rings. The van der Waals surface area contributed by atoms with Gasteiger partial charge in [-0.25, -0.2) is 14.8 Å². The summed E-state index contributed by atoms with van der Waals surface area (Å²) in [4.78, 5) is 23.1. The molecule has 20 heavy (non-hydrogen) atoms. The quantitative estimate of drug-likeness (QED) is 0.725. The summed E-state index contributed by atoms with van der Waals surface area (Å²) in [5, 5.41) is 1.11. The van der Waals surface area contributed by atoms with Crippen LogP contribution in [0.4, 0.5) is 0 Å². The van der Waals surface area contributed by atoms with E-state index in [4.69, 9.17) is 0 Å². The molecule has 0 bridgehead atoms. The molecule has 1 aromatic carbocycles. The monoisotopic (exact) mass is 267 g/mol. The van der Waals surface area contributed by atoms with E-state index in [1.54, 1.807) is 0 Å². The Balaban J connectivity index is 2.10. The molecule has 0 aliphatic carbocycles. The number of hydrogen-bond acceptors (Lipinski definition) is 4. The molecule has 2 aromatic heterocycles. The zero-order chi connectivity index (χ0) is 14.1. The summed E-state index contributed by atoms with van der Waals surface area (Å²) in [5.74, 6) is 0.112. The van der Waals surface area contributed by atoms with Crippen LogP contribution < -0.4 is 0 Å². The lowest BCUT2D eigenvalue weighted by Crippen LogP contribution is -2.01. The summed E-state index contributed by atoms with van der Waals surface area (Å²) in [5.41, 5.74) is 3.03. The fraction of sp³-hybridized carbons (Fsp3) is 0.133. The second-order valence-corrected chi connectivity index (χ2v) is 4.48. The van der Waals surface area contributed by atoms with Crippen molar-refractivity contribution in [2.24, 2.45) is 0 Å². The second kappa shape index (κ2) is 4.77. The molecule has 5 heteroatoms. The first-order valence-corrected chi connectivity index (χ1v) is 6.19. The lowest BCUT2D eigenvalue weighted by molar-refractivity contribution is 0.0595. The number of pyridine rings is 1. The molecule has 0 aliphatic rings. The summed E-state index contributed by atoms with van der Waals surface area (Å²) >= 11 is 0. The molecule has 5 nitrogen and oxygen atoms in total. The third kappa shape index (κ3) is 2.03. The Labute approximate surface area is 115 Å². The third-order valence-corrected chi connectivity index (χ3v) is 3.15. The van der Waals surface area contributed by atoms with Gasteiger partial charge >= 0.3 is 5.97 Å². The highest BCUT2D eigenvalue weighted by molar-refractivity contribution is 5.88. The van der Waals surface area contributed by atoms with Crippen LogP contribution in [0.15, 0.2) is 36.5 Å². The number of carbonyl (C=O) groups excluding carboxylic acids is 1. The van der Waals surface area contributed by atoms with Crippen molar-refractivity contribution in [3.05, 3.63) is 47.8 Å². The van der Waals surface area contributed by atoms with Crippen molar-refractivity contribution >= 4 is 16.9 Å². The second-order valence-electron chi connectivity index (χ2n) is 4.48. The Kier molecular flexibility index (Phi) is 2.95. The van der Waals surface area contributed by atoms with Crippen LogP contribution in [-0.2, 0) is 4.74 Å². The molecule has 0 saturated carbocycles. The normalized spacial score (nSPS) is 10.7. The van der Waals surface area contributed by atoms with Gasteiger partial charge in [0.2, 0.25) is 0 Å². The number of methoxy groups -OCH3 is 1. The number of imidazole rings is 1. The number of para-hydroxylation sites is 1. The van der Waals surface area contributed by atoms with Gasteiger partial charge in [0.25, 0.3) is 0 Å². The largest absolute Gasteiger partial charge is 0.464 e. The van der Waals surface area contributed by atoms with Crippen LogP contribution in [0.5, 0.6) is 0 Å². The maximum atomic E-state index is 11.4. The molecule has 2 heterocycles. The first-order valence-electron chi connectivity index (χ1n) is 6.19. The number of ether oxygens (including phenoxy) is 1. The lowest BCUT2D eigenvalue weighted by atomic mass is 10.1. The average molecular weight is 267 g/mol. The van der Waals surface area contributed by atoms with Crippen LogP contribution in [-0.4, -0.2) is 28.0 Å². The van der Waals surface area contributed by atoms with E-state index in [0.717, 1.165) is 16.5 Å². The van der Waals surface area contributed by atoms with Crippen LogP contribution in [0.3, 0.4) is 0 Å². The van der Waals surface area contributed by atoms with Crippen molar-refractivity contribution in [1.29, 1.82) is 0 Å². The van der Waals surface area contributed by atoms with Crippen LogP contribution in [0.2, 0.25) is 0 Å². The standard InChI is InChI=1S/C15H13N3O2/c1-9-7-12(17-11-6-4-3-5-10(9)11)14-16-8-13(18-14)15(19)20-2/h3-8H,1-2H3,(H,16,18). The highest BCUT2D eigenvalue weighted by Crippen LogP contribution is 2.22. The van der Waals surface area contributed by atoms with Gasteiger partial charge in [-0.2, -0.15) is 0 Å². The van der Waals surface area contributed by atoms with Crippen molar-refractivity contribution in [2.75, 3.05) is 7.11 Å². The van der Waals surface area contributed by atoms with Crippen molar-refractivity contribution in [1.82, 2.24) is 15.0 Å². The molecule has 1 N–H and O–H groups in total. The number of benzene rings is 1. The molecule has 0 unspecified atom stereocenters. The predicted octanol–water partition coefficient (Wildman–Crippen LogP) is 2.72. The van der Waals surface area contributed by atoms with Crippen molar-refractivity contribution in [3.8, 4) is 11.5 Å². The molecule has 0 saturated heterocycles. The van der Waals surface area contributed by atoms with E-state index in [2.05, 4.69) is 19.7 Å². The van der Waals surface area contributed by atoms with Gasteiger partial charge in [0.05, 0.1) is 18.8 Å². The fourth-order valence-electron chi connectivity index (χ4n) is 2.14. The molecule has 3 rings (SSSR count). The van der Waals surface area contributed by atoms with Gasteiger partial charge in [-0.1, -0.05) is 18.2 Å². The highest BCUT2D eigenvalue weighted by Gasteiger charge is 2.12. The third-order valence-electron chi connectivity index (χ3n) is 3.15. The zero-order valence-electron chi connectivity index (χ0n) is 11.2. The average Bonchev–Trinajstić information content (AvgIpc) is 2.96. The van der Waals surface area contributed by atoms with Gasteiger partial charge in [0.1, 0.15) is 11.4 Å². The SMILES string of the molecule is COC(=O)c1cnc(-c2cc(C)c3ccccc3n2)[nH]1. The van der Waals surface area contributed by atoms with Gasteiger partial charge < -0.3 is 9.72 Å². The minimum Gasteiger partial charge on any atom is -0.464 e. The maximum Gasteiger partial charge on any atom is 0.356 e. The number of nitrogens with zero attached hydrogens (tertiary/aromatic N) is 2. The number of aryl methyl sites for hydroxylation is 1. The van der Waals surface area contributed by atoms with E-state index in [1.165, 1.54) is 13.3 Å². The molecule has 0 atom stereocenters. The number of aromatic amines is 1. The first kappa shape index (κ1) is 12.3. The van der Waals surface area contributed by atoms with Gasteiger partial charge in [-0.3, -0.25) is 0 Å². The van der Waals surface area contributed by atoms with Crippen molar-refractivity contribution in [2.45, 2.75) is 6.92 Å². The number of nitrogens with one attached hydrogen (secondary N) is 1. The minimum atomic E-state index is -0.443. The summed E-state index contributed by atoms with van der Waals surface area (Å²) in [7, 11) is 1.33. The molecule has 0 spiro atoms. The van der Waals surface area contributed by atoms with E-state index in [0.29, 0.717) is 17.2 Å². The molecular formula is C15H13N3O2. The molecule has 0 amide bonds. The number of rotatable bonds is 2. The topological polar surface area (TPSA) is 67.9 Å². The minimum absolute atomic E-state index is 0.315.